The maximum Gasteiger partial charge on any atom is 0.490 e. The van der Waals surface area contributed by atoms with E-state index < -0.39 is 36.6 Å². The van der Waals surface area contributed by atoms with Gasteiger partial charge in [0.05, 0.1) is 22.4 Å². The monoisotopic (exact) mass is 370 g/mol. The predicted octanol–water partition coefficient (Wildman–Crippen LogP) is 4.59. The lowest BCUT2D eigenvalue weighted by atomic mass is 9.55. The van der Waals surface area contributed by atoms with Gasteiger partial charge in [-0.15, -0.1) is 6.58 Å². The molecule has 0 aliphatic carbocycles. The van der Waals surface area contributed by atoms with E-state index in [0.717, 1.165) is 11.0 Å². The number of allylic oxidation sites excluding steroid dienone is 1. The molecule has 2 aliphatic heterocycles. The highest BCUT2D eigenvalue weighted by Gasteiger charge is 2.58. The van der Waals surface area contributed by atoms with Crippen molar-refractivity contribution in [2.45, 2.75) is 83.6 Å². The van der Waals surface area contributed by atoms with Crippen molar-refractivity contribution < 1.29 is 18.6 Å². The number of hydrogen-bond donors (Lipinski definition) is 0. The highest BCUT2D eigenvalue weighted by atomic mass is 16.7. The fourth-order valence-electron chi connectivity index (χ4n) is 3.37. The molecular formula is C21H32B2O4. The van der Waals surface area contributed by atoms with E-state index in [-0.39, 0.29) is 5.82 Å². The molecule has 3 rings (SSSR count). The topological polar surface area (TPSA) is 36.9 Å². The van der Waals surface area contributed by atoms with Gasteiger partial charge < -0.3 is 18.6 Å². The summed E-state index contributed by atoms with van der Waals surface area (Å²) in [6.45, 7) is 20.8. The van der Waals surface area contributed by atoms with Gasteiger partial charge >= 0.3 is 14.2 Å². The van der Waals surface area contributed by atoms with Crippen LogP contribution in [0.15, 0.2) is 42.4 Å². The first kappa shape index (κ1) is 20.7. The van der Waals surface area contributed by atoms with Crippen molar-refractivity contribution in [2.75, 3.05) is 0 Å². The molecule has 0 spiro atoms. The van der Waals surface area contributed by atoms with Gasteiger partial charge in [-0.3, -0.25) is 0 Å². The van der Waals surface area contributed by atoms with Crippen LogP contribution in [0.5, 0.6) is 0 Å². The molecular weight excluding hydrogens is 338 g/mol. The van der Waals surface area contributed by atoms with E-state index in [1.807, 2.05) is 45.9 Å². The largest absolute Gasteiger partial charge is 0.490 e. The first-order chi connectivity index (χ1) is 12.3. The Kier molecular flexibility index (Phi) is 4.96. The average molecular weight is 370 g/mol. The van der Waals surface area contributed by atoms with Gasteiger partial charge in [0.2, 0.25) is 0 Å². The molecule has 2 aliphatic rings. The summed E-state index contributed by atoms with van der Waals surface area (Å²) in [6, 6.07) is 10.2. The zero-order valence-corrected chi connectivity index (χ0v) is 18.0. The molecule has 0 N–H and O–H groups in total. The van der Waals surface area contributed by atoms with E-state index in [4.69, 9.17) is 18.6 Å². The molecule has 4 nitrogen and oxygen atoms in total. The third-order valence-corrected chi connectivity index (χ3v) is 6.66. The van der Waals surface area contributed by atoms with Gasteiger partial charge in [-0.05, 0) is 66.4 Å². The molecule has 1 aromatic rings. The van der Waals surface area contributed by atoms with Crippen molar-refractivity contribution in [3.63, 3.8) is 0 Å². The summed E-state index contributed by atoms with van der Waals surface area (Å²) in [4.78, 5) is 0. The molecule has 1 unspecified atom stereocenters. The first-order valence-electron chi connectivity index (χ1n) is 9.72. The summed E-state index contributed by atoms with van der Waals surface area (Å²) in [5.74, 6) is -0.193. The van der Waals surface area contributed by atoms with Crippen molar-refractivity contribution in [1.29, 1.82) is 0 Å². The minimum Gasteiger partial charge on any atom is -0.403 e. The summed E-state index contributed by atoms with van der Waals surface area (Å²) in [5.41, 5.74) is 0.228. The second-order valence-electron chi connectivity index (χ2n) is 9.68. The standard InChI is InChI=1S/C21H32B2O4/c1-15(22-24-18(2,3)19(4,5)25-22)17(16-13-11-10-12-14-16)23-26-20(6,7)21(8,9)27-23/h10-14,17H,1H2,2-9H3. The van der Waals surface area contributed by atoms with Crippen LogP contribution in [-0.2, 0) is 18.6 Å². The maximum atomic E-state index is 6.37. The highest BCUT2D eigenvalue weighted by molar-refractivity contribution is 6.60. The van der Waals surface area contributed by atoms with E-state index in [9.17, 15) is 0 Å². The average Bonchev–Trinajstić information content (AvgIpc) is 2.88. The highest BCUT2D eigenvalue weighted by Crippen LogP contribution is 2.46. The zero-order chi connectivity index (χ0) is 20.3. The SMILES string of the molecule is C=C(B1OC(C)(C)C(C)(C)O1)C(B1OC(C)(C)C(C)(C)O1)c1ccccc1. The first-order valence-corrected chi connectivity index (χ1v) is 9.72. The molecule has 1 atom stereocenters. The fraction of sp³-hybridized carbons (Fsp3) is 0.619. The summed E-state index contributed by atoms with van der Waals surface area (Å²) in [5, 5.41) is 0. The third kappa shape index (κ3) is 3.53. The minimum absolute atomic E-state index is 0.193. The van der Waals surface area contributed by atoms with Crippen LogP contribution < -0.4 is 0 Å². The van der Waals surface area contributed by atoms with E-state index in [2.05, 4.69) is 46.4 Å². The third-order valence-electron chi connectivity index (χ3n) is 6.66. The van der Waals surface area contributed by atoms with Crippen LogP contribution in [0.25, 0.3) is 0 Å². The van der Waals surface area contributed by atoms with Gasteiger partial charge in [0.25, 0.3) is 0 Å². The molecule has 0 aromatic heterocycles. The molecule has 1 aromatic carbocycles. The van der Waals surface area contributed by atoms with Gasteiger partial charge in [0.1, 0.15) is 0 Å². The summed E-state index contributed by atoms with van der Waals surface area (Å²) in [7, 11) is -0.969. The van der Waals surface area contributed by atoms with E-state index in [1.54, 1.807) is 0 Å². The Balaban J connectivity index is 1.94. The lowest BCUT2D eigenvalue weighted by Crippen LogP contribution is -2.41. The quantitative estimate of drug-likeness (QED) is 0.727. The van der Waals surface area contributed by atoms with Crippen molar-refractivity contribution in [3.8, 4) is 0 Å². The Morgan fingerprint density at radius 2 is 1.15 bits per heavy atom. The maximum absolute atomic E-state index is 6.37. The summed E-state index contributed by atoms with van der Waals surface area (Å²) >= 11 is 0. The molecule has 6 heteroatoms. The van der Waals surface area contributed by atoms with E-state index >= 15 is 0 Å². The molecule has 0 radical (unpaired) electrons. The smallest absolute Gasteiger partial charge is 0.403 e. The van der Waals surface area contributed by atoms with Gasteiger partial charge in [0, 0.05) is 5.82 Å². The number of hydrogen-bond acceptors (Lipinski definition) is 4. The summed E-state index contributed by atoms with van der Waals surface area (Å²) < 4.78 is 25.3. The second-order valence-corrected chi connectivity index (χ2v) is 9.68. The van der Waals surface area contributed by atoms with Crippen LogP contribution in [-0.4, -0.2) is 36.6 Å². The Morgan fingerprint density at radius 1 is 0.741 bits per heavy atom. The molecule has 0 bridgehead atoms. The van der Waals surface area contributed by atoms with Crippen LogP contribution in [0.3, 0.4) is 0 Å². The van der Waals surface area contributed by atoms with Gasteiger partial charge in [-0.1, -0.05) is 30.3 Å². The summed E-state index contributed by atoms with van der Waals surface area (Å²) in [6.07, 6.45) is 0. The molecule has 2 saturated heterocycles. The van der Waals surface area contributed by atoms with Crippen molar-refractivity contribution in [3.05, 3.63) is 47.9 Å². The van der Waals surface area contributed by atoms with Crippen LogP contribution in [0, 0.1) is 0 Å². The zero-order valence-electron chi connectivity index (χ0n) is 18.0. The fourth-order valence-corrected chi connectivity index (χ4v) is 3.37. The molecule has 0 saturated carbocycles. The lowest BCUT2D eigenvalue weighted by Gasteiger charge is -2.32. The van der Waals surface area contributed by atoms with Crippen LogP contribution >= 0.6 is 0 Å². The van der Waals surface area contributed by atoms with Crippen LogP contribution in [0.1, 0.15) is 66.8 Å². The number of benzene rings is 1. The molecule has 27 heavy (non-hydrogen) atoms. The second kappa shape index (κ2) is 6.48. The van der Waals surface area contributed by atoms with Gasteiger partial charge in [-0.2, -0.15) is 0 Å². The van der Waals surface area contributed by atoms with Crippen molar-refractivity contribution in [1.82, 2.24) is 0 Å². The Labute approximate surface area is 164 Å². The molecule has 146 valence electrons. The van der Waals surface area contributed by atoms with Crippen LogP contribution in [0.2, 0.25) is 0 Å². The van der Waals surface area contributed by atoms with Crippen LogP contribution in [0.4, 0.5) is 0 Å². The van der Waals surface area contributed by atoms with Crippen molar-refractivity contribution in [2.24, 2.45) is 0 Å². The van der Waals surface area contributed by atoms with Gasteiger partial charge in [-0.25, -0.2) is 0 Å². The Bertz CT molecular complexity index is 680. The minimum atomic E-state index is -0.515. The van der Waals surface area contributed by atoms with E-state index in [0.29, 0.717) is 0 Å². The number of rotatable bonds is 4. The molecule has 2 heterocycles. The van der Waals surface area contributed by atoms with Gasteiger partial charge in [0.15, 0.2) is 0 Å². The predicted molar refractivity (Wildman–Crippen MR) is 110 cm³/mol. The molecule has 0 amide bonds. The molecule has 2 fully saturated rings. The Hall–Kier alpha value is -1.07. The van der Waals surface area contributed by atoms with E-state index in [1.165, 1.54) is 0 Å². The Morgan fingerprint density at radius 3 is 1.59 bits per heavy atom. The lowest BCUT2D eigenvalue weighted by molar-refractivity contribution is 0.00578. The normalized spacial score (nSPS) is 26.2. The van der Waals surface area contributed by atoms with Crippen molar-refractivity contribution >= 4 is 14.2 Å².